The monoisotopic (exact) mass is 382 g/mol. The SMILES string of the molecule is CCC(=O)N(CCCOC)Cc1cccn1Cc1cccc(C(F)(F)F)c1. The molecule has 0 aliphatic rings. The molecule has 0 fully saturated rings. The standard InChI is InChI=1S/C20H25F3N2O2/c1-3-19(26)25(11-6-12-27-2)15-18-9-5-10-24(18)14-16-7-4-8-17(13-16)20(21,22)23/h4-5,7-10,13H,3,6,11-12,14-15H2,1-2H3. The summed E-state index contributed by atoms with van der Waals surface area (Å²) in [5.74, 6) is 0.0397. The number of carbonyl (C=O) groups excluding carboxylic acids is 1. The lowest BCUT2D eigenvalue weighted by Gasteiger charge is -2.23. The molecule has 0 radical (unpaired) electrons. The Hall–Kier alpha value is -2.28. The summed E-state index contributed by atoms with van der Waals surface area (Å²) in [6.45, 7) is 3.70. The zero-order valence-electron chi connectivity index (χ0n) is 15.6. The molecule has 1 aromatic heterocycles. The minimum atomic E-state index is -4.36. The fraction of sp³-hybridized carbons (Fsp3) is 0.450. The maximum atomic E-state index is 12.9. The first-order chi connectivity index (χ1) is 12.8. The Balaban J connectivity index is 2.13. The Morgan fingerprint density at radius 3 is 2.67 bits per heavy atom. The Morgan fingerprint density at radius 2 is 2.00 bits per heavy atom. The van der Waals surface area contributed by atoms with E-state index in [4.69, 9.17) is 4.74 Å². The molecule has 0 unspecified atom stereocenters. The van der Waals surface area contributed by atoms with Crippen molar-refractivity contribution in [3.63, 3.8) is 0 Å². The van der Waals surface area contributed by atoms with E-state index >= 15 is 0 Å². The van der Waals surface area contributed by atoms with Crippen LogP contribution in [0.1, 0.15) is 36.6 Å². The average Bonchev–Trinajstić information content (AvgIpc) is 3.06. The molecule has 2 rings (SSSR count). The van der Waals surface area contributed by atoms with Crippen LogP contribution in [0.5, 0.6) is 0 Å². The van der Waals surface area contributed by atoms with Crippen molar-refractivity contribution in [3.05, 3.63) is 59.4 Å². The second kappa shape index (κ2) is 9.60. The number of hydrogen-bond donors (Lipinski definition) is 0. The van der Waals surface area contributed by atoms with Crippen molar-refractivity contribution in [1.29, 1.82) is 0 Å². The lowest BCUT2D eigenvalue weighted by molar-refractivity contribution is -0.137. The predicted octanol–water partition coefficient (Wildman–Crippen LogP) is 4.33. The minimum absolute atomic E-state index is 0.0397. The summed E-state index contributed by atoms with van der Waals surface area (Å²) in [5, 5.41) is 0. The fourth-order valence-corrected chi connectivity index (χ4v) is 2.90. The van der Waals surface area contributed by atoms with Gasteiger partial charge in [0.15, 0.2) is 0 Å². The van der Waals surface area contributed by atoms with Crippen molar-refractivity contribution in [2.75, 3.05) is 20.3 Å². The second-order valence-electron chi connectivity index (χ2n) is 6.34. The molecular weight excluding hydrogens is 357 g/mol. The van der Waals surface area contributed by atoms with Crippen LogP contribution in [0.25, 0.3) is 0 Å². The van der Waals surface area contributed by atoms with Gasteiger partial charge in [0, 0.05) is 45.1 Å². The van der Waals surface area contributed by atoms with Crippen LogP contribution in [-0.4, -0.2) is 35.6 Å². The number of hydrogen-bond acceptors (Lipinski definition) is 2. The van der Waals surface area contributed by atoms with Gasteiger partial charge in [-0.05, 0) is 36.2 Å². The Labute approximate surface area is 157 Å². The maximum absolute atomic E-state index is 12.9. The smallest absolute Gasteiger partial charge is 0.385 e. The highest BCUT2D eigenvalue weighted by Crippen LogP contribution is 2.29. The van der Waals surface area contributed by atoms with E-state index in [0.29, 0.717) is 38.2 Å². The summed E-state index contributed by atoms with van der Waals surface area (Å²) < 4.78 is 45.7. The van der Waals surface area contributed by atoms with Crippen molar-refractivity contribution in [2.24, 2.45) is 0 Å². The molecule has 0 N–H and O–H groups in total. The van der Waals surface area contributed by atoms with Gasteiger partial charge in [0.2, 0.25) is 5.91 Å². The molecule has 1 heterocycles. The normalized spacial score (nSPS) is 11.6. The molecule has 27 heavy (non-hydrogen) atoms. The average molecular weight is 382 g/mol. The van der Waals surface area contributed by atoms with E-state index in [1.54, 1.807) is 18.1 Å². The number of ether oxygens (including phenoxy) is 1. The molecule has 0 aliphatic heterocycles. The van der Waals surface area contributed by atoms with Gasteiger partial charge in [-0.1, -0.05) is 19.1 Å². The molecule has 0 bridgehead atoms. The van der Waals surface area contributed by atoms with Crippen LogP contribution in [0, 0.1) is 0 Å². The van der Waals surface area contributed by atoms with Crippen molar-refractivity contribution in [1.82, 2.24) is 9.47 Å². The molecule has 0 saturated carbocycles. The number of alkyl halides is 3. The van der Waals surface area contributed by atoms with Crippen molar-refractivity contribution in [3.8, 4) is 0 Å². The van der Waals surface area contributed by atoms with Crippen molar-refractivity contribution >= 4 is 5.91 Å². The van der Waals surface area contributed by atoms with Crippen molar-refractivity contribution < 1.29 is 22.7 Å². The van der Waals surface area contributed by atoms with Gasteiger partial charge >= 0.3 is 6.18 Å². The van der Waals surface area contributed by atoms with Gasteiger partial charge in [-0.25, -0.2) is 0 Å². The first kappa shape index (κ1) is 21.0. The molecule has 4 nitrogen and oxygen atoms in total. The van der Waals surface area contributed by atoms with Crippen LogP contribution in [0.4, 0.5) is 13.2 Å². The fourth-order valence-electron chi connectivity index (χ4n) is 2.90. The molecule has 0 spiro atoms. The largest absolute Gasteiger partial charge is 0.416 e. The van der Waals surface area contributed by atoms with E-state index in [2.05, 4.69) is 0 Å². The lowest BCUT2D eigenvalue weighted by atomic mass is 10.1. The quantitative estimate of drug-likeness (QED) is 0.605. The van der Waals surface area contributed by atoms with Gasteiger partial charge in [0.05, 0.1) is 12.1 Å². The van der Waals surface area contributed by atoms with Gasteiger partial charge in [0.1, 0.15) is 0 Å². The number of benzene rings is 1. The highest BCUT2D eigenvalue weighted by atomic mass is 19.4. The molecule has 0 aliphatic carbocycles. The molecule has 1 aromatic carbocycles. The van der Waals surface area contributed by atoms with Crippen LogP contribution in [0.15, 0.2) is 42.6 Å². The third kappa shape index (κ3) is 6.13. The maximum Gasteiger partial charge on any atom is 0.416 e. The van der Waals surface area contributed by atoms with E-state index in [1.807, 2.05) is 29.8 Å². The highest BCUT2D eigenvalue weighted by molar-refractivity contribution is 5.75. The lowest BCUT2D eigenvalue weighted by Crippen LogP contribution is -2.32. The van der Waals surface area contributed by atoms with E-state index in [9.17, 15) is 18.0 Å². The van der Waals surface area contributed by atoms with Gasteiger partial charge in [-0.3, -0.25) is 4.79 Å². The summed E-state index contributed by atoms with van der Waals surface area (Å²) in [6.07, 6.45) is -1.40. The van der Waals surface area contributed by atoms with Crippen LogP contribution >= 0.6 is 0 Å². The third-order valence-electron chi connectivity index (χ3n) is 4.32. The predicted molar refractivity (Wildman–Crippen MR) is 97.2 cm³/mol. The zero-order chi connectivity index (χ0) is 19.9. The Morgan fingerprint density at radius 1 is 1.22 bits per heavy atom. The number of methoxy groups -OCH3 is 1. The summed E-state index contributed by atoms with van der Waals surface area (Å²) in [7, 11) is 1.62. The summed E-state index contributed by atoms with van der Waals surface area (Å²) >= 11 is 0. The summed E-state index contributed by atoms with van der Waals surface area (Å²) in [4.78, 5) is 14.0. The highest BCUT2D eigenvalue weighted by Gasteiger charge is 2.30. The third-order valence-corrected chi connectivity index (χ3v) is 4.32. The zero-order valence-corrected chi connectivity index (χ0v) is 15.6. The molecular formula is C20H25F3N2O2. The number of rotatable bonds is 9. The number of aromatic nitrogens is 1. The number of amides is 1. The Bertz CT molecular complexity index is 741. The van der Waals surface area contributed by atoms with Crippen LogP contribution in [0.2, 0.25) is 0 Å². The Kier molecular flexibility index (Phi) is 7.47. The summed E-state index contributed by atoms with van der Waals surface area (Å²) in [6, 6.07) is 9.05. The first-order valence-electron chi connectivity index (χ1n) is 8.92. The molecule has 148 valence electrons. The van der Waals surface area contributed by atoms with E-state index in [-0.39, 0.29) is 5.91 Å². The molecule has 1 amide bonds. The minimum Gasteiger partial charge on any atom is -0.385 e. The van der Waals surface area contributed by atoms with Crippen LogP contribution < -0.4 is 0 Å². The molecule has 0 saturated heterocycles. The van der Waals surface area contributed by atoms with E-state index < -0.39 is 11.7 Å². The van der Waals surface area contributed by atoms with E-state index in [0.717, 1.165) is 24.2 Å². The molecule has 7 heteroatoms. The van der Waals surface area contributed by atoms with Gasteiger partial charge in [-0.15, -0.1) is 0 Å². The molecule has 2 aromatic rings. The molecule has 0 atom stereocenters. The van der Waals surface area contributed by atoms with Gasteiger partial charge in [-0.2, -0.15) is 13.2 Å². The summed E-state index contributed by atoms with van der Waals surface area (Å²) in [5.41, 5.74) is 0.790. The van der Waals surface area contributed by atoms with E-state index in [1.165, 1.54) is 6.07 Å². The van der Waals surface area contributed by atoms with Gasteiger partial charge < -0.3 is 14.2 Å². The second-order valence-corrected chi connectivity index (χ2v) is 6.34. The van der Waals surface area contributed by atoms with Crippen molar-refractivity contribution in [2.45, 2.75) is 39.0 Å². The number of halogens is 3. The number of carbonyl (C=O) groups is 1. The van der Waals surface area contributed by atoms with Gasteiger partial charge in [0.25, 0.3) is 0 Å². The first-order valence-corrected chi connectivity index (χ1v) is 8.92. The number of nitrogens with zero attached hydrogens (tertiary/aromatic N) is 2. The van der Waals surface area contributed by atoms with Crippen LogP contribution in [0.3, 0.4) is 0 Å². The van der Waals surface area contributed by atoms with Crippen LogP contribution in [-0.2, 0) is 28.8 Å². The topological polar surface area (TPSA) is 34.5 Å².